The zero-order valence-electron chi connectivity index (χ0n) is 10.8. The summed E-state index contributed by atoms with van der Waals surface area (Å²) in [5, 5.41) is 8.69. The smallest absolute Gasteiger partial charge is 0.304 e. The van der Waals surface area contributed by atoms with E-state index in [1.807, 2.05) is 30.1 Å². The number of ether oxygens (including phenoxy) is 2. The van der Waals surface area contributed by atoms with Gasteiger partial charge in [0.15, 0.2) is 11.5 Å². The fourth-order valence-corrected chi connectivity index (χ4v) is 2.02. The van der Waals surface area contributed by atoms with Crippen LogP contribution in [0.25, 0.3) is 0 Å². The molecule has 19 heavy (non-hydrogen) atoms. The van der Waals surface area contributed by atoms with Gasteiger partial charge in [-0.2, -0.15) is 0 Å². The molecule has 1 heterocycles. The molecule has 1 atom stereocenters. The van der Waals surface area contributed by atoms with E-state index in [9.17, 15) is 4.79 Å². The van der Waals surface area contributed by atoms with Gasteiger partial charge in [0.05, 0.1) is 6.42 Å². The van der Waals surface area contributed by atoms with E-state index < -0.39 is 12.0 Å². The van der Waals surface area contributed by atoms with Crippen molar-refractivity contribution >= 4 is 11.7 Å². The van der Waals surface area contributed by atoms with E-state index in [-0.39, 0.29) is 6.42 Å². The van der Waals surface area contributed by atoms with E-state index in [2.05, 4.69) is 0 Å². The molecule has 0 fully saturated rings. The Labute approximate surface area is 111 Å². The number of rotatable bonds is 5. The quantitative estimate of drug-likeness (QED) is 0.816. The third-order valence-corrected chi connectivity index (χ3v) is 2.91. The molecule has 0 saturated heterocycles. The Kier molecular flexibility index (Phi) is 4.11. The minimum atomic E-state index is -0.886. The zero-order valence-corrected chi connectivity index (χ0v) is 10.8. The maximum Gasteiger partial charge on any atom is 0.304 e. The summed E-state index contributed by atoms with van der Waals surface area (Å²) in [5.74, 6) is 0.559. The van der Waals surface area contributed by atoms with Gasteiger partial charge < -0.3 is 25.2 Å². The first-order valence-electron chi connectivity index (χ1n) is 6.14. The minimum absolute atomic E-state index is 0.0467. The van der Waals surface area contributed by atoms with Crippen molar-refractivity contribution < 1.29 is 19.4 Å². The van der Waals surface area contributed by atoms with Crippen LogP contribution in [0, 0.1) is 0 Å². The van der Waals surface area contributed by atoms with Crippen LogP contribution in [0.4, 0.5) is 5.69 Å². The fraction of sp³-hybridized carbons (Fsp3) is 0.462. The largest absolute Gasteiger partial charge is 0.486 e. The maximum atomic E-state index is 10.6. The minimum Gasteiger partial charge on any atom is -0.486 e. The highest BCUT2D eigenvalue weighted by molar-refractivity contribution is 5.67. The van der Waals surface area contributed by atoms with Gasteiger partial charge in [0.25, 0.3) is 0 Å². The Morgan fingerprint density at radius 2 is 2.11 bits per heavy atom. The van der Waals surface area contributed by atoms with Gasteiger partial charge >= 0.3 is 5.97 Å². The molecule has 1 aromatic rings. The molecule has 1 aliphatic heterocycles. The predicted molar refractivity (Wildman–Crippen MR) is 70.9 cm³/mol. The number of benzene rings is 1. The number of anilines is 1. The van der Waals surface area contributed by atoms with E-state index in [0.717, 1.165) is 11.4 Å². The van der Waals surface area contributed by atoms with E-state index in [4.69, 9.17) is 20.3 Å². The number of likely N-dealkylation sites (N-methyl/N-ethyl adjacent to an activating group) is 1. The van der Waals surface area contributed by atoms with Crippen molar-refractivity contribution in [1.29, 1.82) is 0 Å². The van der Waals surface area contributed by atoms with Gasteiger partial charge in [-0.25, -0.2) is 0 Å². The molecule has 2 rings (SSSR count). The Morgan fingerprint density at radius 3 is 2.79 bits per heavy atom. The van der Waals surface area contributed by atoms with Crippen LogP contribution in [0.1, 0.15) is 6.42 Å². The summed E-state index contributed by atoms with van der Waals surface area (Å²) in [6.07, 6.45) is -0.0467. The first kappa shape index (κ1) is 13.5. The van der Waals surface area contributed by atoms with Crippen molar-refractivity contribution in [2.24, 2.45) is 5.73 Å². The number of carboxylic acid groups (broad SMARTS) is 1. The lowest BCUT2D eigenvalue weighted by molar-refractivity contribution is -0.137. The molecular formula is C13H18N2O4. The molecule has 0 aromatic heterocycles. The average molecular weight is 266 g/mol. The number of hydrogen-bond acceptors (Lipinski definition) is 5. The lowest BCUT2D eigenvalue weighted by Crippen LogP contribution is -2.36. The van der Waals surface area contributed by atoms with E-state index >= 15 is 0 Å². The highest BCUT2D eigenvalue weighted by Crippen LogP contribution is 2.33. The molecule has 1 unspecified atom stereocenters. The predicted octanol–water partition coefficient (Wildman–Crippen LogP) is 0.696. The second-order valence-electron chi connectivity index (χ2n) is 4.57. The van der Waals surface area contributed by atoms with Crippen molar-refractivity contribution in [1.82, 2.24) is 0 Å². The standard InChI is InChI=1S/C13H18N2O4/c1-15(8-9(14)6-13(16)17)10-2-3-11-12(7-10)19-5-4-18-11/h2-3,7,9H,4-6,8,14H2,1H3,(H,16,17). The molecule has 0 amide bonds. The normalized spacial score (nSPS) is 14.8. The van der Waals surface area contributed by atoms with Crippen LogP contribution in [-0.2, 0) is 4.79 Å². The molecule has 6 heteroatoms. The van der Waals surface area contributed by atoms with Crippen LogP contribution in [0.5, 0.6) is 11.5 Å². The molecule has 1 aliphatic rings. The highest BCUT2D eigenvalue weighted by atomic mass is 16.6. The topological polar surface area (TPSA) is 85.0 Å². The van der Waals surface area contributed by atoms with Crippen LogP contribution >= 0.6 is 0 Å². The fourth-order valence-electron chi connectivity index (χ4n) is 2.02. The van der Waals surface area contributed by atoms with Crippen LogP contribution in [0.15, 0.2) is 18.2 Å². The summed E-state index contributed by atoms with van der Waals surface area (Å²) >= 11 is 0. The third-order valence-electron chi connectivity index (χ3n) is 2.91. The summed E-state index contributed by atoms with van der Waals surface area (Å²) < 4.78 is 11.0. The van der Waals surface area contributed by atoms with E-state index in [0.29, 0.717) is 25.5 Å². The van der Waals surface area contributed by atoms with Crippen molar-refractivity contribution in [2.45, 2.75) is 12.5 Å². The van der Waals surface area contributed by atoms with Gasteiger partial charge in [-0.05, 0) is 12.1 Å². The lowest BCUT2D eigenvalue weighted by atomic mass is 10.2. The van der Waals surface area contributed by atoms with Crippen molar-refractivity contribution in [2.75, 3.05) is 31.7 Å². The molecule has 0 spiro atoms. The third kappa shape index (κ3) is 3.51. The summed E-state index contributed by atoms with van der Waals surface area (Å²) in [5.41, 5.74) is 6.69. The van der Waals surface area contributed by atoms with Crippen LogP contribution < -0.4 is 20.1 Å². The summed E-state index contributed by atoms with van der Waals surface area (Å²) in [7, 11) is 1.87. The summed E-state index contributed by atoms with van der Waals surface area (Å²) in [4.78, 5) is 12.5. The van der Waals surface area contributed by atoms with Gasteiger partial charge in [-0.1, -0.05) is 0 Å². The Hall–Kier alpha value is -1.95. The molecule has 1 aromatic carbocycles. The second-order valence-corrected chi connectivity index (χ2v) is 4.57. The number of nitrogens with zero attached hydrogens (tertiary/aromatic N) is 1. The van der Waals surface area contributed by atoms with Crippen molar-refractivity contribution in [3.8, 4) is 11.5 Å². The number of nitrogens with two attached hydrogens (primary N) is 1. The molecule has 104 valence electrons. The Morgan fingerprint density at radius 1 is 1.42 bits per heavy atom. The molecular weight excluding hydrogens is 248 g/mol. The van der Waals surface area contributed by atoms with Gasteiger partial charge in [-0.15, -0.1) is 0 Å². The SMILES string of the molecule is CN(CC(N)CC(=O)O)c1ccc2c(c1)OCCO2. The van der Waals surface area contributed by atoms with Gasteiger partial charge in [0.1, 0.15) is 13.2 Å². The summed E-state index contributed by atoms with van der Waals surface area (Å²) in [6.45, 7) is 1.57. The molecule has 0 bridgehead atoms. The van der Waals surface area contributed by atoms with Gasteiger partial charge in [-0.3, -0.25) is 4.79 Å². The van der Waals surface area contributed by atoms with Gasteiger partial charge in [0, 0.05) is 31.4 Å². The Balaban J connectivity index is 2.02. The summed E-state index contributed by atoms with van der Waals surface area (Å²) in [6, 6.07) is 5.22. The van der Waals surface area contributed by atoms with E-state index in [1.165, 1.54) is 0 Å². The second kappa shape index (κ2) is 5.79. The number of carbonyl (C=O) groups is 1. The van der Waals surface area contributed by atoms with E-state index in [1.54, 1.807) is 0 Å². The number of fused-ring (bicyclic) bond motifs is 1. The number of carboxylic acids is 1. The van der Waals surface area contributed by atoms with Gasteiger partial charge in [0.2, 0.25) is 0 Å². The Bertz CT molecular complexity index is 464. The van der Waals surface area contributed by atoms with Crippen molar-refractivity contribution in [3.63, 3.8) is 0 Å². The first-order chi connectivity index (χ1) is 9.06. The van der Waals surface area contributed by atoms with Crippen LogP contribution in [0.2, 0.25) is 0 Å². The highest BCUT2D eigenvalue weighted by Gasteiger charge is 2.15. The zero-order chi connectivity index (χ0) is 13.8. The first-order valence-corrected chi connectivity index (χ1v) is 6.14. The average Bonchev–Trinajstić information content (AvgIpc) is 2.37. The number of aliphatic carboxylic acids is 1. The molecule has 0 saturated carbocycles. The number of hydrogen-bond donors (Lipinski definition) is 2. The lowest BCUT2D eigenvalue weighted by Gasteiger charge is -2.25. The maximum absolute atomic E-state index is 10.6. The molecule has 6 nitrogen and oxygen atoms in total. The van der Waals surface area contributed by atoms with Crippen LogP contribution in [0.3, 0.4) is 0 Å². The van der Waals surface area contributed by atoms with Crippen LogP contribution in [-0.4, -0.2) is 43.9 Å². The molecule has 3 N–H and O–H groups in total. The molecule has 0 radical (unpaired) electrons. The monoisotopic (exact) mass is 266 g/mol. The molecule has 0 aliphatic carbocycles. The van der Waals surface area contributed by atoms with Crippen molar-refractivity contribution in [3.05, 3.63) is 18.2 Å².